The smallest absolute Gasteiger partial charge is 0.253 e. The van der Waals surface area contributed by atoms with Gasteiger partial charge in [0.05, 0.1) is 5.69 Å². The van der Waals surface area contributed by atoms with Crippen molar-refractivity contribution in [3.63, 3.8) is 0 Å². The van der Waals surface area contributed by atoms with Gasteiger partial charge in [-0.2, -0.15) is 0 Å². The van der Waals surface area contributed by atoms with Crippen LogP contribution in [0.3, 0.4) is 0 Å². The van der Waals surface area contributed by atoms with Gasteiger partial charge >= 0.3 is 0 Å². The van der Waals surface area contributed by atoms with Crippen molar-refractivity contribution in [3.05, 3.63) is 34.2 Å². The summed E-state index contributed by atoms with van der Waals surface area (Å²) in [5.74, 6) is 0.169. The van der Waals surface area contributed by atoms with E-state index in [0.717, 1.165) is 5.56 Å². The molecule has 7 heteroatoms. The molecule has 0 bridgehead atoms. The van der Waals surface area contributed by atoms with Crippen LogP contribution in [-0.4, -0.2) is 15.0 Å². The summed E-state index contributed by atoms with van der Waals surface area (Å²) in [6.07, 6.45) is 1.65. The first-order valence-corrected chi connectivity index (χ1v) is 5.63. The van der Waals surface area contributed by atoms with Crippen molar-refractivity contribution in [2.45, 2.75) is 17.1 Å². The van der Waals surface area contributed by atoms with Gasteiger partial charge in [0.2, 0.25) is 0 Å². The number of H-pyrrole nitrogens is 1. The standard InChI is InChI=1S/C10H11N5OS/c1-5-2-3-13-9(8(5)12)17-10-14-6(11)4-7(16)15-10/h2-4H,12H2,1H3,(H3,11,14,15,16). The van der Waals surface area contributed by atoms with Crippen LogP contribution in [0.2, 0.25) is 0 Å². The molecule has 0 spiro atoms. The number of nitrogens with two attached hydrogens (primary N) is 2. The molecular weight excluding hydrogens is 238 g/mol. The average molecular weight is 249 g/mol. The van der Waals surface area contributed by atoms with E-state index in [2.05, 4.69) is 15.0 Å². The molecule has 5 N–H and O–H groups in total. The summed E-state index contributed by atoms with van der Waals surface area (Å²) in [6.45, 7) is 1.89. The molecule has 0 saturated carbocycles. The number of rotatable bonds is 2. The molecule has 0 aromatic carbocycles. The Balaban J connectivity index is 2.38. The van der Waals surface area contributed by atoms with Gasteiger partial charge in [0, 0.05) is 12.3 Å². The maximum atomic E-state index is 11.2. The molecule has 2 aromatic rings. The number of nitrogens with one attached hydrogen (secondary N) is 1. The molecule has 0 radical (unpaired) electrons. The fraction of sp³-hybridized carbons (Fsp3) is 0.100. The van der Waals surface area contributed by atoms with Crippen LogP contribution in [0, 0.1) is 6.92 Å². The van der Waals surface area contributed by atoms with Crippen molar-refractivity contribution in [1.82, 2.24) is 15.0 Å². The monoisotopic (exact) mass is 249 g/mol. The van der Waals surface area contributed by atoms with E-state index in [1.807, 2.05) is 13.0 Å². The van der Waals surface area contributed by atoms with E-state index in [4.69, 9.17) is 11.5 Å². The van der Waals surface area contributed by atoms with Crippen LogP contribution in [0.5, 0.6) is 0 Å². The Labute approximate surface area is 101 Å². The quantitative estimate of drug-likeness (QED) is 0.678. The van der Waals surface area contributed by atoms with Crippen molar-refractivity contribution in [2.24, 2.45) is 0 Å². The molecule has 0 aliphatic carbocycles. The van der Waals surface area contributed by atoms with Crippen molar-refractivity contribution >= 4 is 23.3 Å². The third kappa shape index (κ3) is 2.56. The summed E-state index contributed by atoms with van der Waals surface area (Å²) >= 11 is 1.17. The molecule has 6 nitrogen and oxygen atoms in total. The minimum absolute atomic E-state index is 0.169. The SMILES string of the molecule is Cc1ccnc(Sc2nc(N)cc(=O)[nH]2)c1N. The number of nitrogens with zero attached hydrogens (tertiary/aromatic N) is 2. The van der Waals surface area contributed by atoms with E-state index in [1.165, 1.54) is 17.8 Å². The normalized spacial score (nSPS) is 10.4. The van der Waals surface area contributed by atoms with Crippen LogP contribution in [0.1, 0.15) is 5.56 Å². The Morgan fingerprint density at radius 2 is 2.18 bits per heavy atom. The number of pyridine rings is 1. The molecule has 0 amide bonds. The van der Waals surface area contributed by atoms with Crippen LogP contribution in [0.4, 0.5) is 11.5 Å². The van der Waals surface area contributed by atoms with E-state index in [0.29, 0.717) is 15.9 Å². The van der Waals surface area contributed by atoms with E-state index >= 15 is 0 Å². The first-order chi connectivity index (χ1) is 8.06. The van der Waals surface area contributed by atoms with Gasteiger partial charge in [-0.05, 0) is 30.3 Å². The van der Waals surface area contributed by atoms with Crippen molar-refractivity contribution < 1.29 is 0 Å². The fourth-order valence-electron chi connectivity index (χ4n) is 1.22. The van der Waals surface area contributed by atoms with Crippen LogP contribution < -0.4 is 17.0 Å². The van der Waals surface area contributed by atoms with Gasteiger partial charge in [0.25, 0.3) is 5.56 Å². The number of anilines is 2. The predicted octanol–water partition coefficient (Wildman–Crippen LogP) is 0.789. The summed E-state index contributed by atoms with van der Waals surface area (Å²) in [7, 11) is 0. The molecule has 88 valence electrons. The lowest BCUT2D eigenvalue weighted by atomic mass is 10.3. The molecule has 0 fully saturated rings. The Hall–Kier alpha value is -2.02. The zero-order chi connectivity index (χ0) is 12.4. The minimum atomic E-state index is -0.300. The number of aromatic amines is 1. The third-order valence-electron chi connectivity index (χ3n) is 2.10. The fourth-order valence-corrected chi connectivity index (χ4v) is 2.09. The highest BCUT2D eigenvalue weighted by atomic mass is 32.2. The summed E-state index contributed by atoms with van der Waals surface area (Å²) < 4.78 is 0. The van der Waals surface area contributed by atoms with Gasteiger partial charge in [0.1, 0.15) is 10.8 Å². The Kier molecular flexibility index (Phi) is 3.01. The van der Waals surface area contributed by atoms with E-state index < -0.39 is 0 Å². The molecule has 0 atom stereocenters. The molecule has 2 aromatic heterocycles. The molecule has 2 rings (SSSR count). The second-order valence-corrected chi connectivity index (χ2v) is 4.40. The van der Waals surface area contributed by atoms with E-state index in [9.17, 15) is 4.79 Å². The predicted molar refractivity (Wildman–Crippen MR) is 66.8 cm³/mol. The van der Waals surface area contributed by atoms with Gasteiger partial charge in [-0.25, -0.2) is 9.97 Å². The van der Waals surface area contributed by atoms with Crippen LogP contribution in [0.15, 0.2) is 33.3 Å². The summed E-state index contributed by atoms with van der Waals surface area (Å²) in [6, 6.07) is 3.03. The molecule has 0 aliphatic heterocycles. The average Bonchev–Trinajstić information content (AvgIpc) is 2.23. The summed E-state index contributed by atoms with van der Waals surface area (Å²) in [5, 5.41) is 0.971. The number of hydrogen-bond donors (Lipinski definition) is 3. The maximum Gasteiger partial charge on any atom is 0.253 e. The van der Waals surface area contributed by atoms with Gasteiger partial charge in [-0.3, -0.25) is 4.79 Å². The first kappa shape index (κ1) is 11.5. The van der Waals surface area contributed by atoms with Crippen molar-refractivity contribution in [2.75, 3.05) is 11.5 Å². The number of aromatic nitrogens is 3. The molecule has 17 heavy (non-hydrogen) atoms. The zero-order valence-corrected chi connectivity index (χ0v) is 9.91. The van der Waals surface area contributed by atoms with Crippen LogP contribution in [-0.2, 0) is 0 Å². The molecule has 2 heterocycles. The molecule has 0 saturated heterocycles. The lowest BCUT2D eigenvalue weighted by Gasteiger charge is -2.05. The highest BCUT2D eigenvalue weighted by Crippen LogP contribution is 2.28. The molecule has 0 aliphatic rings. The van der Waals surface area contributed by atoms with Crippen LogP contribution >= 0.6 is 11.8 Å². The highest BCUT2D eigenvalue weighted by molar-refractivity contribution is 7.99. The zero-order valence-electron chi connectivity index (χ0n) is 9.10. The van der Waals surface area contributed by atoms with Crippen LogP contribution in [0.25, 0.3) is 0 Å². The van der Waals surface area contributed by atoms with Gasteiger partial charge in [-0.15, -0.1) is 0 Å². The van der Waals surface area contributed by atoms with Gasteiger partial charge < -0.3 is 16.5 Å². The first-order valence-electron chi connectivity index (χ1n) is 4.82. The lowest BCUT2D eigenvalue weighted by molar-refractivity contribution is 0.940. The molecular formula is C10H11N5OS. The molecule has 0 unspecified atom stereocenters. The maximum absolute atomic E-state index is 11.2. The van der Waals surface area contributed by atoms with E-state index in [1.54, 1.807) is 6.20 Å². The second kappa shape index (κ2) is 4.46. The Morgan fingerprint density at radius 3 is 2.88 bits per heavy atom. The largest absolute Gasteiger partial charge is 0.396 e. The highest BCUT2D eigenvalue weighted by Gasteiger charge is 2.07. The third-order valence-corrected chi connectivity index (χ3v) is 3.01. The lowest BCUT2D eigenvalue weighted by Crippen LogP contribution is -2.09. The van der Waals surface area contributed by atoms with Gasteiger partial charge in [0.15, 0.2) is 5.16 Å². The number of hydrogen-bond acceptors (Lipinski definition) is 6. The number of aryl methyl sites for hydroxylation is 1. The second-order valence-electron chi connectivity index (χ2n) is 3.42. The Bertz CT molecular complexity index is 610. The van der Waals surface area contributed by atoms with Gasteiger partial charge in [-0.1, -0.05) is 0 Å². The van der Waals surface area contributed by atoms with Crippen molar-refractivity contribution in [3.8, 4) is 0 Å². The Morgan fingerprint density at radius 1 is 1.41 bits per heavy atom. The van der Waals surface area contributed by atoms with Crippen molar-refractivity contribution in [1.29, 1.82) is 0 Å². The summed E-state index contributed by atoms with van der Waals surface area (Å²) in [4.78, 5) is 21.9. The number of nitrogen functional groups attached to an aromatic ring is 2. The minimum Gasteiger partial charge on any atom is -0.396 e. The topological polar surface area (TPSA) is 111 Å². The van der Waals surface area contributed by atoms with E-state index in [-0.39, 0.29) is 11.4 Å². The summed E-state index contributed by atoms with van der Waals surface area (Å²) in [5.41, 5.74) is 12.6.